The molecule has 0 radical (unpaired) electrons. The fraction of sp³-hybridized carbons (Fsp3) is 0.273. The fourth-order valence-electron chi connectivity index (χ4n) is 4.05. The van der Waals surface area contributed by atoms with Crippen molar-refractivity contribution < 1.29 is 9.21 Å². The number of carbonyl (C=O) groups excluding carboxylic acids is 1. The summed E-state index contributed by atoms with van der Waals surface area (Å²) in [5, 5.41) is 3.00. The number of anilines is 1. The summed E-state index contributed by atoms with van der Waals surface area (Å²) in [6, 6.07) is 16.0. The molecule has 3 aromatic heterocycles. The van der Waals surface area contributed by atoms with E-state index < -0.39 is 0 Å². The third-order valence-corrected chi connectivity index (χ3v) is 5.45. The summed E-state index contributed by atoms with van der Waals surface area (Å²) in [5.74, 6) is 1.75. The van der Waals surface area contributed by atoms with Crippen molar-refractivity contribution in [1.29, 1.82) is 0 Å². The van der Waals surface area contributed by atoms with E-state index in [1.165, 1.54) is 0 Å². The molecule has 1 aliphatic rings. The molecular weight excluding hydrogens is 352 g/mol. The lowest BCUT2D eigenvalue weighted by atomic mass is 9.97. The van der Waals surface area contributed by atoms with Crippen LogP contribution in [-0.2, 0) is 11.3 Å². The molecule has 28 heavy (non-hydrogen) atoms. The van der Waals surface area contributed by atoms with Gasteiger partial charge in [-0.05, 0) is 49.2 Å². The lowest BCUT2D eigenvalue weighted by Gasteiger charge is -2.33. The topological polar surface area (TPSA) is 62.8 Å². The van der Waals surface area contributed by atoms with Crippen molar-refractivity contribution in [1.82, 2.24) is 14.7 Å². The number of para-hydroxylation sites is 2. The number of hydrogen-bond acceptors (Lipinski definition) is 4. The first kappa shape index (κ1) is 16.9. The van der Waals surface area contributed by atoms with E-state index in [0.29, 0.717) is 13.1 Å². The molecule has 142 valence electrons. The van der Waals surface area contributed by atoms with E-state index in [-0.39, 0.29) is 11.8 Å². The molecular formula is C22H22N4O2. The summed E-state index contributed by atoms with van der Waals surface area (Å²) < 4.78 is 7.48. The second kappa shape index (κ2) is 7.03. The normalized spacial score (nSPS) is 17.3. The van der Waals surface area contributed by atoms with Crippen LogP contribution in [0.25, 0.3) is 16.6 Å². The largest absolute Gasteiger partial charge is 0.467 e. The number of fused-ring (bicyclic) bond motifs is 3. The summed E-state index contributed by atoms with van der Waals surface area (Å²) in [7, 11) is 0. The van der Waals surface area contributed by atoms with E-state index >= 15 is 0 Å². The maximum Gasteiger partial charge on any atom is 0.225 e. The second-order valence-corrected chi connectivity index (χ2v) is 7.27. The van der Waals surface area contributed by atoms with E-state index in [1.54, 1.807) is 6.26 Å². The summed E-state index contributed by atoms with van der Waals surface area (Å²) in [4.78, 5) is 19.9. The standard InChI is InChI=1S/C22H22N4O2/c27-22(23-14-17-7-5-13-28-17)16-6-3-11-25(15-16)21-20-10-4-12-26(20)19-9-2-1-8-18(19)24-21/h1-2,4-5,7-10,12-13,16H,3,6,11,14-15H2,(H,23,27). The lowest BCUT2D eigenvalue weighted by molar-refractivity contribution is -0.125. The average Bonchev–Trinajstić information content (AvgIpc) is 3.43. The maximum absolute atomic E-state index is 12.7. The van der Waals surface area contributed by atoms with Gasteiger partial charge in [-0.3, -0.25) is 4.79 Å². The van der Waals surface area contributed by atoms with Crippen molar-refractivity contribution in [3.8, 4) is 0 Å². The fourth-order valence-corrected chi connectivity index (χ4v) is 4.05. The van der Waals surface area contributed by atoms with Crippen molar-refractivity contribution >= 4 is 28.3 Å². The maximum atomic E-state index is 12.7. The zero-order valence-electron chi connectivity index (χ0n) is 15.5. The minimum Gasteiger partial charge on any atom is -0.467 e. The van der Waals surface area contributed by atoms with Gasteiger partial charge in [-0.25, -0.2) is 4.98 Å². The van der Waals surface area contributed by atoms with Crippen LogP contribution in [0, 0.1) is 5.92 Å². The Morgan fingerprint density at radius 1 is 1.14 bits per heavy atom. The Morgan fingerprint density at radius 3 is 2.93 bits per heavy atom. The molecule has 1 unspecified atom stereocenters. The van der Waals surface area contributed by atoms with Gasteiger partial charge in [-0.2, -0.15) is 0 Å². The summed E-state index contributed by atoms with van der Waals surface area (Å²) in [5.41, 5.74) is 3.14. The van der Waals surface area contributed by atoms with Gasteiger partial charge in [-0.1, -0.05) is 12.1 Å². The van der Waals surface area contributed by atoms with Crippen molar-refractivity contribution in [2.75, 3.05) is 18.0 Å². The number of amides is 1. The summed E-state index contributed by atoms with van der Waals surface area (Å²) in [6.07, 6.45) is 5.56. The molecule has 6 heteroatoms. The summed E-state index contributed by atoms with van der Waals surface area (Å²) >= 11 is 0. The Bertz CT molecular complexity index is 1120. The minimum absolute atomic E-state index is 0.0491. The number of aromatic nitrogens is 2. The number of piperidine rings is 1. The van der Waals surface area contributed by atoms with Gasteiger partial charge >= 0.3 is 0 Å². The SMILES string of the molecule is O=C(NCc1ccco1)C1CCCN(c2nc3ccccc3n3cccc23)C1. The molecule has 1 aromatic carbocycles. The number of rotatable bonds is 4. The molecule has 1 N–H and O–H groups in total. The van der Waals surface area contributed by atoms with Gasteiger partial charge in [0.25, 0.3) is 0 Å². The molecule has 5 rings (SSSR count). The van der Waals surface area contributed by atoms with E-state index in [9.17, 15) is 4.79 Å². The Kier molecular flexibility index (Phi) is 4.24. The molecule has 1 amide bonds. The van der Waals surface area contributed by atoms with Crippen LogP contribution in [0.1, 0.15) is 18.6 Å². The molecule has 1 saturated heterocycles. The molecule has 1 atom stereocenters. The third-order valence-electron chi connectivity index (χ3n) is 5.45. The average molecular weight is 374 g/mol. The van der Waals surface area contributed by atoms with Gasteiger partial charge < -0.3 is 19.0 Å². The highest BCUT2D eigenvalue weighted by Crippen LogP contribution is 2.29. The first-order valence-electron chi connectivity index (χ1n) is 9.70. The Hall–Kier alpha value is -3.28. The van der Waals surface area contributed by atoms with Crippen LogP contribution in [0.2, 0.25) is 0 Å². The minimum atomic E-state index is -0.0491. The zero-order chi connectivity index (χ0) is 18.9. The Balaban J connectivity index is 1.40. The predicted octanol–water partition coefficient (Wildman–Crippen LogP) is 3.61. The molecule has 0 spiro atoms. The van der Waals surface area contributed by atoms with Gasteiger partial charge in [0, 0.05) is 19.3 Å². The van der Waals surface area contributed by atoms with Gasteiger partial charge in [0.2, 0.25) is 5.91 Å². The highest BCUT2D eigenvalue weighted by Gasteiger charge is 2.28. The van der Waals surface area contributed by atoms with Crippen LogP contribution in [0.15, 0.2) is 65.4 Å². The molecule has 1 fully saturated rings. The molecule has 0 aliphatic carbocycles. The highest BCUT2D eigenvalue weighted by molar-refractivity contribution is 5.85. The lowest BCUT2D eigenvalue weighted by Crippen LogP contribution is -2.43. The van der Waals surface area contributed by atoms with E-state index in [1.807, 2.05) is 36.4 Å². The number of nitrogens with zero attached hydrogens (tertiary/aromatic N) is 3. The first-order chi connectivity index (χ1) is 13.8. The molecule has 4 aromatic rings. The van der Waals surface area contributed by atoms with Crippen LogP contribution in [0.3, 0.4) is 0 Å². The summed E-state index contributed by atoms with van der Waals surface area (Å²) in [6.45, 7) is 2.02. The van der Waals surface area contributed by atoms with Gasteiger partial charge in [0.1, 0.15) is 5.76 Å². The number of benzene rings is 1. The number of carbonyl (C=O) groups is 1. The van der Waals surface area contributed by atoms with Crippen molar-refractivity contribution in [3.05, 3.63) is 66.8 Å². The van der Waals surface area contributed by atoms with E-state index in [2.05, 4.69) is 32.9 Å². The van der Waals surface area contributed by atoms with E-state index in [0.717, 1.165) is 47.5 Å². The monoisotopic (exact) mass is 374 g/mol. The van der Waals surface area contributed by atoms with Crippen LogP contribution in [0.4, 0.5) is 5.82 Å². The van der Waals surface area contributed by atoms with E-state index in [4.69, 9.17) is 9.40 Å². The molecule has 6 nitrogen and oxygen atoms in total. The predicted molar refractivity (Wildman–Crippen MR) is 108 cm³/mol. The molecule has 0 bridgehead atoms. The highest BCUT2D eigenvalue weighted by atomic mass is 16.3. The van der Waals surface area contributed by atoms with Crippen LogP contribution < -0.4 is 10.2 Å². The van der Waals surface area contributed by atoms with Crippen molar-refractivity contribution in [3.63, 3.8) is 0 Å². The number of hydrogen-bond donors (Lipinski definition) is 1. The third kappa shape index (κ3) is 3.01. The number of furan rings is 1. The van der Waals surface area contributed by atoms with Gasteiger partial charge in [-0.15, -0.1) is 0 Å². The quantitative estimate of drug-likeness (QED) is 0.593. The van der Waals surface area contributed by atoms with Crippen LogP contribution in [0.5, 0.6) is 0 Å². The first-order valence-corrected chi connectivity index (χ1v) is 9.70. The smallest absolute Gasteiger partial charge is 0.225 e. The molecule has 1 aliphatic heterocycles. The van der Waals surface area contributed by atoms with Crippen LogP contribution >= 0.6 is 0 Å². The van der Waals surface area contributed by atoms with Gasteiger partial charge in [0.15, 0.2) is 5.82 Å². The van der Waals surface area contributed by atoms with Gasteiger partial charge in [0.05, 0.1) is 35.3 Å². The number of nitrogens with one attached hydrogen (secondary N) is 1. The van der Waals surface area contributed by atoms with Crippen molar-refractivity contribution in [2.45, 2.75) is 19.4 Å². The van der Waals surface area contributed by atoms with Crippen molar-refractivity contribution in [2.24, 2.45) is 5.92 Å². The Morgan fingerprint density at radius 2 is 2.04 bits per heavy atom. The molecule has 4 heterocycles. The van der Waals surface area contributed by atoms with Crippen LogP contribution in [-0.4, -0.2) is 28.4 Å². The zero-order valence-corrected chi connectivity index (χ0v) is 15.5. The Labute approximate surface area is 162 Å². The second-order valence-electron chi connectivity index (χ2n) is 7.27. The molecule has 0 saturated carbocycles.